The number of aliphatic hydroxyl groups is 1. The van der Waals surface area contributed by atoms with Gasteiger partial charge >= 0.3 is 0 Å². The molecular formula is C15H22FNO. The molecule has 0 unspecified atom stereocenters. The molecule has 18 heavy (non-hydrogen) atoms. The van der Waals surface area contributed by atoms with Gasteiger partial charge in [0.15, 0.2) is 0 Å². The number of hydrogen-bond donors (Lipinski definition) is 1. The van der Waals surface area contributed by atoms with Crippen LogP contribution in [0.25, 0.3) is 0 Å². The number of benzene rings is 1. The van der Waals surface area contributed by atoms with Gasteiger partial charge in [0.1, 0.15) is 5.82 Å². The molecule has 0 bridgehead atoms. The summed E-state index contributed by atoms with van der Waals surface area (Å²) in [5.74, 6) is -0.218. The van der Waals surface area contributed by atoms with E-state index in [0.29, 0.717) is 16.7 Å². The Labute approximate surface area is 108 Å². The number of halogens is 1. The second-order valence-electron chi connectivity index (χ2n) is 5.28. The van der Waals surface area contributed by atoms with Crippen molar-refractivity contribution in [2.24, 2.45) is 5.41 Å². The van der Waals surface area contributed by atoms with Crippen LogP contribution < -0.4 is 4.90 Å². The van der Waals surface area contributed by atoms with Crippen LogP contribution in [0.5, 0.6) is 0 Å². The largest absolute Gasteiger partial charge is 0.392 e. The summed E-state index contributed by atoms with van der Waals surface area (Å²) in [7, 11) is 0. The Morgan fingerprint density at radius 3 is 2.61 bits per heavy atom. The molecule has 1 aliphatic rings. The van der Waals surface area contributed by atoms with Gasteiger partial charge in [-0.25, -0.2) is 4.39 Å². The SMILES string of the molecule is CCC1(CC)CCN(c2c(F)cccc2CO)C1. The maximum atomic E-state index is 14.0. The maximum absolute atomic E-state index is 14.0. The first-order valence-corrected chi connectivity index (χ1v) is 6.79. The Balaban J connectivity index is 2.29. The molecule has 100 valence electrons. The second-order valence-corrected chi connectivity index (χ2v) is 5.28. The highest BCUT2D eigenvalue weighted by Gasteiger charge is 2.36. The zero-order valence-corrected chi connectivity index (χ0v) is 11.2. The lowest BCUT2D eigenvalue weighted by atomic mass is 9.82. The number of hydrogen-bond acceptors (Lipinski definition) is 2. The minimum Gasteiger partial charge on any atom is -0.392 e. The molecule has 0 saturated carbocycles. The zero-order chi connectivity index (χ0) is 13.2. The van der Waals surface area contributed by atoms with E-state index in [4.69, 9.17) is 0 Å². The van der Waals surface area contributed by atoms with E-state index in [1.54, 1.807) is 12.1 Å². The Kier molecular flexibility index (Phi) is 3.91. The third kappa shape index (κ3) is 2.24. The number of aliphatic hydroxyl groups excluding tert-OH is 1. The highest BCUT2D eigenvalue weighted by molar-refractivity contribution is 5.55. The molecule has 2 rings (SSSR count). The second kappa shape index (κ2) is 5.27. The normalized spacial score (nSPS) is 18.3. The highest BCUT2D eigenvalue weighted by Crippen LogP contribution is 2.40. The quantitative estimate of drug-likeness (QED) is 0.887. The summed E-state index contributed by atoms with van der Waals surface area (Å²) in [6.45, 7) is 6.10. The molecular weight excluding hydrogens is 229 g/mol. The van der Waals surface area contributed by atoms with E-state index in [9.17, 15) is 9.50 Å². The summed E-state index contributed by atoms with van der Waals surface area (Å²) < 4.78 is 14.0. The van der Waals surface area contributed by atoms with Crippen molar-refractivity contribution in [1.29, 1.82) is 0 Å². The molecule has 1 aromatic rings. The molecule has 0 spiro atoms. The van der Waals surface area contributed by atoms with Gasteiger partial charge < -0.3 is 10.0 Å². The summed E-state index contributed by atoms with van der Waals surface area (Å²) in [5, 5.41) is 9.35. The predicted octanol–water partition coefficient (Wildman–Crippen LogP) is 3.33. The molecule has 0 aliphatic carbocycles. The van der Waals surface area contributed by atoms with Crippen molar-refractivity contribution in [2.45, 2.75) is 39.7 Å². The Morgan fingerprint density at radius 1 is 1.33 bits per heavy atom. The van der Waals surface area contributed by atoms with Crippen LogP contribution in [0.3, 0.4) is 0 Å². The molecule has 0 radical (unpaired) electrons. The van der Waals surface area contributed by atoms with Gasteiger partial charge in [0.2, 0.25) is 0 Å². The highest BCUT2D eigenvalue weighted by atomic mass is 19.1. The van der Waals surface area contributed by atoms with Crippen molar-refractivity contribution in [3.63, 3.8) is 0 Å². The first kappa shape index (κ1) is 13.3. The number of rotatable bonds is 4. The van der Waals surface area contributed by atoms with Gasteiger partial charge in [0, 0.05) is 18.7 Å². The third-order valence-corrected chi connectivity index (χ3v) is 4.50. The van der Waals surface area contributed by atoms with E-state index in [-0.39, 0.29) is 12.4 Å². The van der Waals surface area contributed by atoms with Crippen LogP contribution >= 0.6 is 0 Å². The lowest BCUT2D eigenvalue weighted by molar-refractivity contribution is 0.281. The summed E-state index contributed by atoms with van der Waals surface area (Å²) >= 11 is 0. The molecule has 1 N–H and O–H groups in total. The molecule has 0 aromatic heterocycles. The number of anilines is 1. The molecule has 1 saturated heterocycles. The standard InChI is InChI=1S/C15H22FNO/c1-3-15(4-2)8-9-17(11-15)14-12(10-18)6-5-7-13(14)16/h5-7,18H,3-4,8-11H2,1-2H3. The lowest BCUT2D eigenvalue weighted by Crippen LogP contribution is -2.27. The molecule has 1 heterocycles. The van der Waals surface area contributed by atoms with Gasteiger partial charge in [-0.2, -0.15) is 0 Å². The van der Waals surface area contributed by atoms with Gasteiger partial charge in [-0.3, -0.25) is 0 Å². The van der Waals surface area contributed by atoms with Crippen LogP contribution in [0.15, 0.2) is 18.2 Å². The van der Waals surface area contributed by atoms with Crippen molar-refractivity contribution in [3.05, 3.63) is 29.6 Å². The predicted molar refractivity (Wildman–Crippen MR) is 72.2 cm³/mol. The van der Waals surface area contributed by atoms with Gasteiger partial charge in [-0.1, -0.05) is 26.0 Å². The number of para-hydroxylation sites is 1. The molecule has 2 nitrogen and oxygen atoms in total. The van der Waals surface area contributed by atoms with Crippen molar-refractivity contribution < 1.29 is 9.50 Å². The Bertz CT molecular complexity index is 415. The average Bonchev–Trinajstić information content (AvgIpc) is 2.83. The number of nitrogens with zero attached hydrogens (tertiary/aromatic N) is 1. The van der Waals surface area contributed by atoms with Crippen LogP contribution in [-0.4, -0.2) is 18.2 Å². The van der Waals surface area contributed by atoms with E-state index >= 15 is 0 Å². The third-order valence-electron chi connectivity index (χ3n) is 4.50. The molecule has 3 heteroatoms. The monoisotopic (exact) mass is 251 g/mol. The van der Waals surface area contributed by atoms with Crippen LogP contribution in [-0.2, 0) is 6.61 Å². The summed E-state index contributed by atoms with van der Waals surface area (Å²) in [4.78, 5) is 2.11. The van der Waals surface area contributed by atoms with Crippen LogP contribution in [0.2, 0.25) is 0 Å². The minimum absolute atomic E-state index is 0.102. The van der Waals surface area contributed by atoms with Crippen LogP contribution in [0.1, 0.15) is 38.7 Å². The van der Waals surface area contributed by atoms with E-state index < -0.39 is 0 Å². The van der Waals surface area contributed by atoms with Crippen molar-refractivity contribution >= 4 is 5.69 Å². The molecule has 1 fully saturated rings. The lowest BCUT2D eigenvalue weighted by Gasteiger charge is -2.28. The van der Waals surface area contributed by atoms with Gasteiger partial charge in [0.25, 0.3) is 0 Å². The van der Waals surface area contributed by atoms with Crippen LogP contribution in [0, 0.1) is 11.2 Å². The summed E-state index contributed by atoms with van der Waals surface area (Å²) in [6.07, 6.45) is 3.37. The Morgan fingerprint density at radius 2 is 2.06 bits per heavy atom. The molecule has 0 atom stereocenters. The van der Waals surface area contributed by atoms with E-state index in [0.717, 1.165) is 32.4 Å². The topological polar surface area (TPSA) is 23.5 Å². The molecule has 1 aromatic carbocycles. The maximum Gasteiger partial charge on any atom is 0.146 e. The van der Waals surface area contributed by atoms with Crippen LogP contribution in [0.4, 0.5) is 10.1 Å². The fourth-order valence-corrected chi connectivity index (χ4v) is 2.99. The molecule has 1 aliphatic heterocycles. The fourth-order valence-electron chi connectivity index (χ4n) is 2.99. The van der Waals surface area contributed by atoms with Gasteiger partial charge in [0.05, 0.1) is 12.3 Å². The smallest absolute Gasteiger partial charge is 0.146 e. The summed E-state index contributed by atoms with van der Waals surface area (Å²) in [5.41, 5.74) is 1.61. The Hall–Kier alpha value is -1.09. The van der Waals surface area contributed by atoms with Crippen molar-refractivity contribution in [1.82, 2.24) is 0 Å². The zero-order valence-electron chi connectivity index (χ0n) is 11.2. The van der Waals surface area contributed by atoms with Crippen molar-refractivity contribution in [3.8, 4) is 0 Å². The average molecular weight is 251 g/mol. The first-order valence-electron chi connectivity index (χ1n) is 6.79. The summed E-state index contributed by atoms with van der Waals surface area (Å²) in [6, 6.07) is 4.94. The van der Waals surface area contributed by atoms with E-state index in [2.05, 4.69) is 18.7 Å². The van der Waals surface area contributed by atoms with Gasteiger partial charge in [-0.05, 0) is 30.7 Å². The van der Waals surface area contributed by atoms with E-state index in [1.165, 1.54) is 6.07 Å². The van der Waals surface area contributed by atoms with Gasteiger partial charge in [-0.15, -0.1) is 0 Å². The minimum atomic E-state index is -0.218. The van der Waals surface area contributed by atoms with E-state index in [1.807, 2.05) is 0 Å². The van der Waals surface area contributed by atoms with Crippen molar-refractivity contribution in [2.75, 3.05) is 18.0 Å². The first-order chi connectivity index (χ1) is 8.65. The fraction of sp³-hybridized carbons (Fsp3) is 0.600. The molecule has 0 amide bonds.